The third-order valence-electron chi connectivity index (χ3n) is 1.95. The van der Waals surface area contributed by atoms with Crippen LogP contribution in [0.25, 0.3) is 0 Å². The monoisotopic (exact) mass is 175 g/mol. The number of nitrogens with one attached hydrogen (secondary N) is 1. The quantitative estimate of drug-likeness (QED) is 0.690. The molecule has 78 valence electrons. The molecule has 12 heavy (non-hydrogen) atoms. The van der Waals surface area contributed by atoms with Gasteiger partial charge in [0.2, 0.25) is 0 Å². The SMILES string of the molecule is CC.CC.CCC(C)C(C)NC. The number of hydrogen-bond donors (Lipinski definition) is 1. The second-order valence-corrected chi connectivity index (χ2v) is 2.46. The molecule has 0 heterocycles. The molecular weight excluding hydrogens is 146 g/mol. The third-order valence-corrected chi connectivity index (χ3v) is 1.95. The van der Waals surface area contributed by atoms with Gasteiger partial charge < -0.3 is 5.32 Å². The van der Waals surface area contributed by atoms with Gasteiger partial charge in [0.05, 0.1) is 0 Å². The lowest BCUT2D eigenvalue weighted by atomic mass is 10.0. The Morgan fingerprint density at radius 3 is 1.42 bits per heavy atom. The van der Waals surface area contributed by atoms with E-state index in [-0.39, 0.29) is 0 Å². The summed E-state index contributed by atoms with van der Waals surface area (Å²) in [7, 11) is 2.01. The van der Waals surface area contributed by atoms with Gasteiger partial charge in [0.1, 0.15) is 0 Å². The zero-order valence-corrected chi connectivity index (χ0v) is 10.4. The molecule has 0 fully saturated rings. The van der Waals surface area contributed by atoms with Gasteiger partial charge in [0, 0.05) is 6.04 Å². The maximum Gasteiger partial charge on any atom is 0.00612 e. The van der Waals surface area contributed by atoms with Crippen molar-refractivity contribution in [3.05, 3.63) is 0 Å². The molecule has 2 unspecified atom stereocenters. The molecule has 1 N–H and O–H groups in total. The van der Waals surface area contributed by atoms with Gasteiger partial charge in [-0.1, -0.05) is 48.0 Å². The molecule has 0 amide bonds. The van der Waals surface area contributed by atoms with Crippen LogP contribution in [0.2, 0.25) is 0 Å². The minimum atomic E-state index is 0.667. The van der Waals surface area contributed by atoms with E-state index in [9.17, 15) is 0 Å². The zero-order chi connectivity index (χ0) is 10.6. The molecule has 0 aliphatic heterocycles. The molecule has 0 aliphatic rings. The minimum absolute atomic E-state index is 0.667. The Bertz CT molecular complexity index is 45.0. The summed E-state index contributed by atoms with van der Waals surface area (Å²) in [6, 6.07) is 0.667. The Hall–Kier alpha value is -0.0400. The second-order valence-electron chi connectivity index (χ2n) is 2.46. The fourth-order valence-corrected chi connectivity index (χ4v) is 0.638. The van der Waals surface area contributed by atoms with Crippen LogP contribution >= 0.6 is 0 Å². The molecule has 0 aromatic rings. The lowest BCUT2D eigenvalue weighted by Crippen LogP contribution is -2.27. The van der Waals surface area contributed by atoms with Gasteiger partial charge >= 0.3 is 0 Å². The molecule has 2 atom stereocenters. The summed E-state index contributed by atoms with van der Waals surface area (Å²) in [5.41, 5.74) is 0. The van der Waals surface area contributed by atoms with Crippen LogP contribution in [0, 0.1) is 5.92 Å². The van der Waals surface area contributed by atoms with Crippen LogP contribution in [0.4, 0.5) is 0 Å². The van der Waals surface area contributed by atoms with Gasteiger partial charge in [0.25, 0.3) is 0 Å². The first-order valence-corrected chi connectivity index (χ1v) is 5.39. The standard InChI is InChI=1S/C7H17N.2C2H6/c1-5-6(2)7(3)8-4;2*1-2/h6-8H,5H2,1-4H3;2*1-2H3. The second kappa shape index (κ2) is 17.2. The zero-order valence-electron chi connectivity index (χ0n) is 10.4. The summed E-state index contributed by atoms with van der Waals surface area (Å²) in [6.07, 6.45) is 1.27. The van der Waals surface area contributed by atoms with Gasteiger partial charge in [-0.25, -0.2) is 0 Å². The van der Waals surface area contributed by atoms with Crippen molar-refractivity contribution in [1.82, 2.24) is 5.32 Å². The smallest absolute Gasteiger partial charge is 0.00612 e. The molecule has 0 aliphatic carbocycles. The van der Waals surface area contributed by atoms with Crippen molar-refractivity contribution in [1.29, 1.82) is 0 Å². The molecular formula is C11H29N. The maximum atomic E-state index is 3.22. The summed E-state index contributed by atoms with van der Waals surface area (Å²) in [6.45, 7) is 14.7. The maximum absolute atomic E-state index is 3.22. The van der Waals surface area contributed by atoms with Crippen LogP contribution in [-0.2, 0) is 0 Å². The highest BCUT2D eigenvalue weighted by Gasteiger charge is 2.05. The van der Waals surface area contributed by atoms with Crippen molar-refractivity contribution in [3.63, 3.8) is 0 Å². The third kappa shape index (κ3) is 12.6. The highest BCUT2D eigenvalue weighted by Crippen LogP contribution is 2.04. The topological polar surface area (TPSA) is 12.0 Å². The molecule has 1 nitrogen and oxygen atoms in total. The van der Waals surface area contributed by atoms with E-state index in [2.05, 4.69) is 26.1 Å². The number of rotatable bonds is 3. The van der Waals surface area contributed by atoms with Crippen molar-refractivity contribution < 1.29 is 0 Å². The lowest BCUT2D eigenvalue weighted by molar-refractivity contribution is 0.415. The van der Waals surface area contributed by atoms with Crippen LogP contribution in [0.1, 0.15) is 54.9 Å². The van der Waals surface area contributed by atoms with E-state index in [4.69, 9.17) is 0 Å². The summed E-state index contributed by atoms with van der Waals surface area (Å²) in [4.78, 5) is 0. The van der Waals surface area contributed by atoms with E-state index < -0.39 is 0 Å². The van der Waals surface area contributed by atoms with E-state index in [0.29, 0.717) is 6.04 Å². The fraction of sp³-hybridized carbons (Fsp3) is 1.00. The van der Waals surface area contributed by atoms with Crippen LogP contribution in [0.15, 0.2) is 0 Å². The fourth-order valence-electron chi connectivity index (χ4n) is 0.638. The average molecular weight is 175 g/mol. The molecule has 0 rings (SSSR count). The molecule has 0 radical (unpaired) electrons. The summed E-state index contributed by atoms with van der Waals surface area (Å²) in [5.74, 6) is 0.806. The van der Waals surface area contributed by atoms with Crippen LogP contribution in [0.5, 0.6) is 0 Å². The molecule has 0 aromatic carbocycles. The first kappa shape index (κ1) is 17.9. The predicted molar refractivity (Wildman–Crippen MR) is 60.7 cm³/mol. The van der Waals surface area contributed by atoms with Gasteiger partial charge in [-0.15, -0.1) is 0 Å². The lowest BCUT2D eigenvalue weighted by Gasteiger charge is -2.16. The Morgan fingerprint density at radius 1 is 1.00 bits per heavy atom. The molecule has 0 aromatic heterocycles. The van der Waals surface area contributed by atoms with Gasteiger partial charge in [-0.3, -0.25) is 0 Å². The summed E-state index contributed by atoms with van der Waals surface area (Å²) < 4.78 is 0. The minimum Gasteiger partial charge on any atom is -0.317 e. The first-order valence-electron chi connectivity index (χ1n) is 5.39. The molecule has 0 saturated carbocycles. The Morgan fingerprint density at radius 2 is 1.33 bits per heavy atom. The Kier molecular flexibility index (Phi) is 25.6. The largest absolute Gasteiger partial charge is 0.317 e. The van der Waals surface area contributed by atoms with Crippen molar-refractivity contribution in [2.45, 2.75) is 60.9 Å². The van der Waals surface area contributed by atoms with E-state index in [1.165, 1.54) is 6.42 Å². The van der Waals surface area contributed by atoms with Crippen LogP contribution < -0.4 is 5.32 Å². The van der Waals surface area contributed by atoms with Gasteiger partial charge in [-0.05, 0) is 19.9 Å². The van der Waals surface area contributed by atoms with E-state index in [0.717, 1.165) is 5.92 Å². The van der Waals surface area contributed by atoms with Crippen molar-refractivity contribution in [2.75, 3.05) is 7.05 Å². The van der Waals surface area contributed by atoms with Crippen molar-refractivity contribution >= 4 is 0 Å². The van der Waals surface area contributed by atoms with Crippen molar-refractivity contribution in [3.8, 4) is 0 Å². The highest BCUT2D eigenvalue weighted by molar-refractivity contribution is 4.63. The first-order chi connectivity index (χ1) is 5.72. The average Bonchev–Trinajstić information content (AvgIpc) is 2.21. The highest BCUT2D eigenvalue weighted by atomic mass is 14.9. The number of hydrogen-bond acceptors (Lipinski definition) is 1. The summed E-state index contributed by atoms with van der Waals surface area (Å²) in [5, 5.41) is 3.22. The molecule has 0 bridgehead atoms. The van der Waals surface area contributed by atoms with Crippen molar-refractivity contribution in [2.24, 2.45) is 5.92 Å². The van der Waals surface area contributed by atoms with E-state index in [1.54, 1.807) is 0 Å². The van der Waals surface area contributed by atoms with E-state index in [1.807, 2.05) is 34.7 Å². The Labute approximate surface area is 80.0 Å². The normalized spacial score (nSPS) is 13.0. The van der Waals surface area contributed by atoms with Crippen LogP contribution in [0.3, 0.4) is 0 Å². The van der Waals surface area contributed by atoms with Crippen LogP contribution in [-0.4, -0.2) is 13.1 Å². The molecule has 0 spiro atoms. The predicted octanol–water partition coefficient (Wildman–Crippen LogP) is 3.69. The van der Waals surface area contributed by atoms with Gasteiger partial charge in [0.15, 0.2) is 0 Å². The molecule has 0 saturated heterocycles. The van der Waals surface area contributed by atoms with E-state index >= 15 is 0 Å². The summed E-state index contributed by atoms with van der Waals surface area (Å²) >= 11 is 0. The van der Waals surface area contributed by atoms with Gasteiger partial charge in [-0.2, -0.15) is 0 Å². The molecule has 1 heteroatoms. The Balaban J connectivity index is -0.000000175.